The fourth-order valence-electron chi connectivity index (χ4n) is 2.22. The second-order valence-electron chi connectivity index (χ2n) is 5.12. The minimum atomic E-state index is -0.686. The van der Waals surface area contributed by atoms with E-state index in [0.717, 1.165) is 0 Å². The summed E-state index contributed by atoms with van der Waals surface area (Å²) in [6, 6.07) is 11.8. The maximum atomic E-state index is 12.3. The fraction of sp³-hybridized carbons (Fsp3) is 0.263. The first-order valence-electron chi connectivity index (χ1n) is 7.99. The first-order valence-corrected chi connectivity index (χ1v) is 7.99. The highest BCUT2D eigenvalue weighted by atomic mass is 16.5. The minimum absolute atomic E-state index is 0.175. The zero-order valence-electron chi connectivity index (χ0n) is 14.9. The summed E-state index contributed by atoms with van der Waals surface area (Å²) < 4.78 is 20.7. The number of nitrogens with one attached hydrogen (secondary N) is 1. The van der Waals surface area contributed by atoms with Gasteiger partial charge in [-0.15, -0.1) is 0 Å². The van der Waals surface area contributed by atoms with Gasteiger partial charge in [-0.1, -0.05) is 12.1 Å². The van der Waals surface area contributed by atoms with E-state index in [1.807, 2.05) is 6.92 Å². The number of carbonyl (C=O) groups excluding carboxylic acids is 2. The number of para-hydroxylation sites is 2. The first kappa shape index (κ1) is 19.1. The van der Waals surface area contributed by atoms with Crippen LogP contribution in [0, 0.1) is 0 Å². The number of ether oxygens (including phenoxy) is 4. The lowest BCUT2D eigenvalue weighted by Gasteiger charge is -2.12. The van der Waals surface area contributed by atoms with Gasteiger partial charge in [-0.3, -0.25) is 4.79 Å². The van der Waals surface area contributed by atoms with Crippen LogP contribution in [-0.4, -0.2) is 39.3 Å². The number of esters is 1. The molecule has 0 spiro atoms. The first-order chi connectivity index (χ1) is 12.6. The van der Waals surface area contributed by atoms with Gasteiger partial charge in [0.1, 0.15) is 22.8 Å². The van der Waals surface area contributed by atoms with Gasteiger partial charge in [0.15, 0.2) is 6.61 Å². The highest BCUT2D eigenvalue weighted by Crippen LogP contribution is 2.25. The summed E-state index contributed by atoms with van der Waals surface area (Å²) >= 11 is 0. The van der Waals surface area contributed by atoms with Crippen molar-refractivity contribution in [2.45, 2.75) is 6.92 Å². The molecule has 0 aliphatic rings. The van der Waals surface area contributed by atoms with Crippen molar-refractivity contribution in [2.75, 3.05) is 32.8 Å². The number of anilines is 1. The molecule has 0 aliphatic heterocycles. The van der Waals surface area contributed by atoms with Gasteiger partial charge in [-0.05, 0) is 37.3 Å². The van der Waals surface area contributed by atoms with E-state index in [0.29, 0.717) is 29.5 Å². The molecule has 7 heteroatoms. The SMILES string of the molecule is CCOc1ccccc1NC(=O)COC(=O)c1cc(OC)ccc1OC. The van der Waals surface area contributed by atoms with E-state index in [2.05, 4.69) is 5.32 Å². The second-order valence-corrected chi connectivity index (χ2v) is 5.12. The molecule has 0 saturated carbocycles. The fourth-order valence-corrected chi connectivity index (χ4v) is 2.22. The number of hydrogen-bond donors (Lipinski definition) is 1. The Morgan fingerprint density at radius 3 is 2.46 bits per heavy atom. The number of benzene rings is 2. The molecule has 0 fully saturated rings. The highest BCUT2D eigenvalue weighted by molar-refractivity contribution is 5.97. The molecule has 0 saturated heterocycles. The van der Waals surface area contributed by atoms with Crippen LogP contribution in [0.15, 0.2) is 42.5 Å². The average molecular weight is 359 g/mol. The van der Waals surface area contributed by atoms with Crippen molar-refractivity contribution < 1.29 is 28.5 Å². The van der Waals surface area contributed by atoms with Crippen molar-refractivity contribution in [3.05, 3.63) is 48.0 Å². The number of methoxy groups -OCH3 is 2. The molecule has 2 rings (SSSR count). The molecule has 7 nitrogen and oxygen atoms in total. The van der Waals surface area contributed by atoms with E-state index < -0.39 is 18.5 Å². The molecule has 2 aromatic carbocycles. The smallest absolute Gasteiger partial charge is 0.342 e. The molecule has 0 aliphatic carbocycles. The maximum absolute atomic E-state index is 12.3. The molecular weight excluding hydrogens is 338 g/mol. The third kappa shape index (κ3) is 4.89. The Balaban J connectivity index is 2.00. The molecule has 2 aromatic rings. The van der Waals surface area contributed by atoms with E-state index in [4.69, 9.17) is 18.9 Å². The summed E-state index contributed by atoms with van der Waals surface area (Å²) in [5, 5.41) is 2.66. The van der Waals surface area contributed by atoms with Crippen LogP contribution < -0.4 is 19.5 Å². The van der Waals surface area contributed by atoms with E-state index >= 15 is 0 Å². The molecule has 0 aromatic heterocycles. The van der Waals surface area contributed by atoms with Crippen molar-refractivity contribution in [1.29, 1.82) is 0 Å². The van der Waals surface area contributed by atoms with Gasteiger partial charge in [-0.2, -0.15) is 0 Å². The lowest BCUT2D eigenvalue weighted by atomic mass is 10.2. The molecule has 0 bridgehead atoms. The van der Waals surface area contributed by atoms with E-state index in [1.54, 1.807) is 36.4 Å². The van der Waals surface area contributed by atoms with Crippen molar-refractivity contribution in [1.82, 2.24) is 0 Å². The normalized spacial score (nSPS) is 9.96. The van der Waals surface area contributed by atoms with Crippen molar-refractivity contribution in [3.63, 3.8) is 0 Å². The quantitative estimate of drug-likeness (QED) is 0.730. The van der Waals surface area contributed by atoms with E-state index in [-0.39, 0.29) is 5.56 Å². The van der Waals surface area contributed by atoms with Crippen LogP contribution in [0.2, 0.25) is 0 Å². The minimum Gasteiger partial charge on any atom is -0.497 e. The maximum Gasteiger partial charge on any atom is 0.342 e. The standard InChI is InChI=1S/C19H21NO6/c1-4-25-17-8-6-5-7-15(17)20-18(21)12-26-19(22)14-11-13(23-2)9-10-16(14)24-3/h5-11H,4,12H2,1-3H3,(H,20,21). The predicted octanol–water partition coefficient (Wildman–Crippen LogP) is 2.90. The Kier molecular flexibility index (Phi) is 6.84. The van der Waals surface area contributed by atoms with Crippen LogP contribution >= 0.6 is 0 Å². The van der Waals surface area contributed by atoms with Crippen LogP contribution in [0.5, 0.6) is 17.2 Å². The lowest BCUT2D eigenvalue weighted by molar-refractivity contribution is -0.119. The van der Waals surface area contributed by atoms with Gasteiger partial charge < -0.3 is 24.3 Å². The van der Waals surface area contributed by atoms with Crippen LogP contribution in [0.25, 0.3) is 0 Å². The van der Waals surface area contributed by atoms with Crippen LogP contribution in [0.1, 0.15) is 17.3 Å². The largest absolute Gasteiger partial charge is 0.497 e. The van der Waals surface area contributed by atoms with Crippen LogP contribution in [0.4, 0.5) is 5.69 Å². The van der Waals surface area contributed by atoms with Gasteiger partial charge in [0.2, 0.25) is 0 Å². The number of amides is 1. The summed E-state index contributed by atoms with van der Waals surface area (Å²) in [5.74, 6) is 0.191. The number of rotatable bonds is 8. The zero-order valence-corrected chi connectivity index (χ0v) is 14.9. The van der Waals surface area contributed by atoms with Gasteiger partial charge in [0, 0.05) is 0 Å². The Morgan fingerprint density at radius 2 is 1.77 bits per heavy atom. The average Bonchev–Trinajstić information content (AvgIpc) is 2.67. The Bertz CT molecular complexity index is 774. The van der Waals surface area contributed by atoms with Crippen molar-refractivity contribution in [2.24, 2.45) is 0 Å². The topological polar surface area (TPSA) is 83.1 Å². The van der Waals surface area contributed by atoms with E-state index in [9.17, 15) is 9.59 Å². The summed E-state index contributed by atoms with van der Waals surface area (Å²) in [6.07, 6.45) is 0. The van der Waals surface area contributed by atoms with Crippen LogP contribution in [-0.2, 0) is 9.53 Å². The molecule has 0 heterocycles. The van der Waals surface area contributed by atoms with Gasteiger partial charge in [0.25, 0.3) is 5.91 Å². The molecule has 138 valence electrons. The van der Waals surface area contributed by atoms with Crippen molar-refractivity contribution in [3.8, 4) is 17.2 Å². The second kappa shape index (κ2) is 9.31. The number of carbonyl (C=O) groups is 2. The molecular formula is C19H21NO6. The molecule has 0 atom stereocenters. The van der Waals surface area contributed by atoms with Gasteiger partial charge >= 0.3 is 5.97 Å². The number of hydrogen-bond acceptors (Lipinski definition) is 6. The summed E-state index contributed by atoms with van der Waals surface area (Å²) in [4.78, 5) is 24.3. The van der Waals surface area contributed by atoms with E-state index in [1.165, 1.54) is 20.3 Å². The summed E-state index contributed by atoms with van der Waals surface area (Å²) in [5.41, 5.74) is 0.684. The monoisotopic (exact) mass is 359 g/mol. The Morgan fingerprint density at radius 1 is 1.00 bits per heavy atom. The van der Waals surface area contributed by atoms with Gasteiger partial charge in [-0.25, -0.2) is 4.79 Å². The molecule has 0 radical (unpaired) electrons. The zero-order chi connectivity index (χ0) is 18.9. The van der Waals surface area contributed by atoms with Gasteiger partial charge in [0.05, 0.1) is 26.5 Å². The predicted molar refractivity (Wildman–Crippen MR) is 96.1 cm³/mol. The summed E-state index contributed by atoms with van der Waals surface area (Å²) in [6.45, 7) is 1.87. The molecule has 0 unspecified atom stereocenters. The molecule has 1 amide bonds. The third-order valence-electron chi connectivity index (χ3n) is 3.42. The highest BCUT2D eigenvalue weighted by Gasteiger charge is 2.17. The lowest BCUT2D eigenvalue weighted by Crippen LogP contribution is -2.21. The van der Waals surface area contributed by atoms with Crippen LogP contribution in [0.3, 0.4) is 0 Å². The molecule has 26 heavy (non-hydrogen) atoms. The third-order valence-corrected chi connectivity index (χ3v) is 3.42. The molecule has 1 N–H and O–H groups in total. The Labute approximate surface area is 151 Å². The Hall–Kier alpha value is -3.22. The summed E-state index contributed by atoms with van der Waals surface area (Å²) in [7, 11) is 2.93. The van der Waals surface area contributed by atoms with Crippen molar-refractivity contribution >= 4 is 17.6 Å².